The van der Waals surface area contributed by atoms with Crippen LogP contribution in [0.5, 0.6) is 0 Å². The molecule has 0 spiro atoms. The molecule has 0 bridgehead atoms. The monoisotopic (exact) mass is 360 g/mol. The summed E-state index contributed by atoms with van der Waals surface area (Å²) >= 11 is 8.28. The first kappa shape index (κ1) is 16.5. The van der Waals surface area contributed by atoms with Crippen LogP contribution in [-0.4, -0.2) is 32.7 Å². The highest BCUT2D eigenvalue weighted by atomic mass is 35.5. The minimum Gasteiger partial charge on any atom is -0.326 e. The topological polar surface area (TPSA) is 8.88 Å². The molecule has 2 aromatic rings. The molecule has 0 amide bonds. The second-order valence-corrected chi connectivity index (χ2v) is 8.43. The van der Waals surface area contributed by atoms with Crippen LogP contribution in [0.1, 0.15) is 24.1 Å². The summed E-state index contributed by atoms with van der Waals surface area (Å²) in [7, 11) is 0. The maximum absolute atomic E-state index is 6.37. The van der Waals surface area contributed by atoms with Gasteiger partial charge in [-0.2, -0.15) is 0 Å². The van der Waals surface area contributed by atoms with Gasteiger partial charge in [-0.1, -0.05) is 41.6 Å². The van der Waals surface area contributed by atoms with Crippen molar-refractivity contribution in [1.82, 2.24) is 0 Å². The molecule has 2 aliphatic rings. The number of hydrogen-bond donors (Lipinski definition) is 2. The molecular formula is C20H25ClN2S+2. The van der Waals surface area contributed by atoms with E-state index >= 15 is 0 Å². The molecule has 4 heteroatoms. The highest BCUT2D eigenvalue weighted by molar-refractivity contribution is 7.99. The molecule has 2 heterocycles. The molecule has 126 valence electrons. The fourth-order valence-corrected chi connectivity index (χ4v) is 5.40. The number of nitrogens with one attached hydrogen (secondary N) is 2. The van der Waals surface area contributed by atoms with Gasteiger partial charge in [-0.15, -0.1) is 0 Å². The van der Waals surface area contributed by atoms with Crippen molar-refractivity contribution in [2.45, 2.75) is 29.2 Å². The minimum absolute atomic E-state index is 0.522. The SMILES string of the molecule is CC[NH+]1CC[NH+]([C@@H]2Cc3ccccc3Sc3ccc(Cl)cc32)CC1. The molecule has 0 unspecified atom stereocenters. The maximum Gasteiger partial charge on any atom is 0.128 e. The predicted octanol–water partition coefficient (Wildman–Crippen LogP) is 1.89. The summed E-state index contributed by atoms with van der Waals surface area (Å²) in [6, 6.07) is 15.9. The van der Waals surface area contributed by atoms with E-state index in [2.05, 4.69) is 43.3 Å². The molecule has 0 saturated carbocycles. The predicted molar refractivity (Wildman–Crippen MR) is 100 cm³/mol. The Morgan fingerprint density at radius 2 is 1.83 bits per heavy atom. The van der Waals surface area contributed by atoms with Crippen molar-refractivity contribution in [3.05, 3.63) is 58.6 Å². The highest BCUT2D eigenvalue weighted by Gasteiger charge is 2.34. The molecular weight excluding hydrogens is 336 g/mol. The Bertz CT molecular complexity index is 725. The summed E-state index contributed by atoms with van der Waals surface area (Å²) < 4.78 is 0. The lowest BCUT2D eigenvalue weighted by Gasteiger charge is -2.34. The quantitative estimate of drug-likeness (QED) is 0.831. The smallest absolute Gasteiger partial charge is 0.128 e. The summed E-state index contributed by atoms with van der Waals surface area (Å²) in [5.74, 6) is 0. The Hall–Kier alpha value is -1.00. The summed E-state index contributed by atoms with van der Waals surface area (Å²) in [6.07, 6.45) is 1.12. The second-order valence-electron chi connectivity index (χ2n) is 6.91. The summed E-state index contributed by atoms with van der Waals surface area (Å²) in [5.41, 5.74) is 2.93. The van der Waals surface area contributed by atoms with Gasteiger partial charge in [0.25, 0.3) is 0 Å². The fraction of sp³-hybridized carbons (Fsp3) is 0.400. The Morgan fingerprint density at radius 1 is 1.04 bits per heavy atom. The van der Waals surface area contributed by atoms with E-state index in [0.29, 0.717) is 6.04 Å². The number of likely N-dealkylation sites (N-methyl/N-ethyl adjacent to an activating group) is 1. The van der Waals surface area contributed by atoms with Crippen LogP contribution < -0.4 is 9.80 Å². The van der Waals surface area contributed by atoms with Crippen LogP contribution in [-0.2, 0) is 6.42 Å². The van der Waals surface area contributed by atoms with E-state index in [0.717, 1.165) is 11.4 Å². The summed E-state index contributed by atoms with van der Waals surface area (Å²) in [5, 5.41) is 0.863. The molecule has 4 rings (SSSR count). The molecule has 1 atom stereocenters. The lowest BCUT2D eigenvalue weighted by atomic mass is 9.96. The maximum atomic E-state index is 6.37. The average Bonchev–Trinajstić information content (AvgIpc) is 2.78. The number of fused-ring (bicyclic) bond motifs is 2. The molecule has 2 N–H and O–H groups in total. The summed E-state index contributed by atoms with van der Waals surface area (Å²) in [4.78, 5) is 6.26. The van der Waals surface area contributed by atoms with Gasteiger partial charge in [-0.25, -0.2) is 0 Å². The van der Waals surface area contributed by atoms with Crippen LogP contribution >= 0.6 is 23.4 Å². The van der Waals surface area contributed by atoms with Gasteiger partial charge in [0.2, 0.25) is 0 Å². The standard InChI is InChI=1S/C20H23ClN2S/c1-2-22-9-11-23(12-10-22)18-13-15-5-3-4-6-19(15)24-20-8-7-16(21)14-17(18)20/h3-8,14,18H,2,9-13H2,1H3/p+2/t18-/m1/s1. The Balaban J connectivity index is 1.71. The van der Waals surface area contributed by atoms with Crippen molar-refractivity contribution in [3.63, 3.8) is 0 Å². The largest absolute Gasteiger partial charge is 0.326 e. The molecule has 0 aliphatic carbocycles. The van der Waals surface area contributed by atoms with E-state index < -0.39 is 0 Å². The van der Waals surface area contributed by atoms with Crippen LogP contribution in [0, 0.1) is 0 Å². The van der Waals surface area contributed by atoms with Crippen LogP contribution in [0.2, 0.25) is 5.02 Å². The van der Waals surface area contributed by atoms with Crippen molar-refractivity contribution >= 4 is 23.4 Å². The lowest BCUT2D eigenvalue weighted by Crippen LogP contribution is -3.28. The lowest BCUT2D eigenvalue weighted by molar-refractivity contribution is -1.03. The third-order valence-electron chi connectivity index (χ3n) is 5.56. The molecule has 2 nitrogen and oxygen atoms in total. The van der Waals surface area contributed by atoms with E-state index in [1.54, 1.807) is 9.80 Å². The number of rotatable bonds is 2. The number of piperazine rings is 1. The van der Waals surface area contributed by atoms with Gasteiger partial charge in [0, 0.05) is 26.8 Å². The van der Waals surface area contributed by atoms with Gasteiger partial charge in [0.1, 0.15) is 32.2 Å². The van der Waals surface area contributed by atoms with Gasteiger partial charge in [-0.3, -0.25) is 0 Å². The number of quaternary nitrogens is 2. The van der Waals surface area contributed by atoms with Gasteiger partial charge < -0.3 is 9.80 Å². The van der Waals surface area contributed by atoms with Gasteiger partial charge in [0.15, 0.2) is 0 Å². The normalized spacial score (nSPS) is 26.3. The molecule has 1 fully saturated rings. The van der Waals surface area contributed by atoms with E-state index in [4.69, 9.17) is 11.6 Å². The molecule has 24 heavy (non-hydrogen) atoms. The third-order valence-corrected chi connectivity index (χ3v) is 7.00. The highest BCUT2D eigenvalue weighted by Crippen LogP contribution is 2.40. The zero-order valence-electron chi connectivity index (χ0n) is 14.1. The van der Waals surface area contributed by atoms with Gasteiger partial charge in [-0.05, 0) is 36.8 Å². The van der Waals surface area contributed by atoms with E-state index in [-0.39, 0.29) is 0 Å². The van der Waals surface area contributed by atoms with Gasteiger partial charge >= 0.3 is 0 Å². The molecule has 0 radical (unpaired) electrons. The molecule has 2 aromatic carbocycles. The zero-order chi connectivity index (χ0) is 16.5. The average molecular weight is 361 g/mol. The molecule has 0 aromatic heterocycles. The first-order chi connectivity index (χ1) is 11.7. The van der Waals surface area contributed by atoms with Crippen molar-refractivity contribution in [2.75, 3.05) is 32.7 Å². The van der Waals surface area contributed by atoms with Crippen LogP contribution in [0.4, 0.5) is 0 Å². The van der Waals surface area contributed by atoms with Crippen LogP contribution in [0.25, 0.3) is 0 Å². The molecule has 1 saturated heterocycles. The Kier molecular flexibility index (Phi) is 4.86. The first-order valence-corrected chi connectivity index (χ1v) is 10.2. The van der Waals surface area contributed by atoms with Crippen molar-refractivity contribution in [1.29, 1.82) is 0 Å². The number of hydrogen-bond acceptors (Lipinski definition) is 1. The van der Waals surface area contributed by atoms with Crippen molar-refractivity contribution in [2.24, 2.45) is 0 Å². The Labute approximate surface area is 153 Å². The summed E-state index contributed by atoms with van der Waals surface area (Å²) in [6.45, 7) is 8.63. The number of halogens is 1. The Morgan fingerprint density at radius 3 is 2.62 bits per heavy atom. The van der Waals surface area contributed by atoms with Gasteiger partial charge in [0.05, 0.1) is 6.54 Å². The van der Waals surface area contributed by atoms with Crippen LogP contribution in [0.15, 0.2) is 52.3 Å². The minimum atomic E-state index is 0.522. The third kappa shape index (κ3) is 3.23. The van der Waals surface area contributed by atoms with Crippen molar-refractivity contribution in [3.8, 4) is 0 Å². The zero-order valence-corrected chi connectivity index (χ0v) is 15.7. The van der Waals surface area contributed by atoms with E-state index in [1.807, 2.05) is 17.8 Å². The van der Waals surface area contributed by atoms with E-state index in [1.165, 1.54) is 53.6 Å². The van der Waals surface area contributed by atoms with E-state index in [9.17, 15) is 0 Å². The molecule has 2 aliphatic heterocycles. The first-order valence-electron chi connectivity index (χ1n) is 8.98. The second kappa shape index (κ2) is 7.09. The number of benzene rings is 2. The fourth-order valence-electron chi connectivity index (χ4n) is 4.10. The van der Waals surface area contributed by atoms with Crippen LogP contribution in [0.3, 0.4) is 0 Å². The van der Waals surface area contributed by atoms with Crippen molar-refractivity contribution < 1.29 is 9.80 Å².